The van der Waals surface area contributed by atoms with Gasteiger partial charge in [0, 0.05) is 28.2 Å². The summed E-state index contributed by atoms with van der Waals surface area (Å²) >= 11 is 3.07. The number of rotatable bonds is 8. The number of anilines is 1. The van der Waals surface area contributed by atoms with E-state index in [0.29, 0.717) is 29.0 Å². The Morgan fingerprint density at radius 1 is 1.10 bits per heavy atom. The van der Waals surface area contributed by atoms with Crippen molar-refractivity contribution in [2.45, 2.75) is 33.1 Å². The van der Waals surface area contributed by atoms with Gasteiger partial charge in [-0.2, -0.15) is 0 Å². The maximum absolute atomic E-state index is 14.0. The fourth-order valence-electron chi connectivity index (χ4n) is 3.50. The van der Waals surface area contributed by atoms with Crippen LogP contribution in [0.2, 0.25) is 0 Å². The molecule has 0 atom stereocenters. The number of hydrogen-bond donors (Lipinski definition) is 2. The highest BCUT2D eigenvalue weighted by atomic mass is 79.9. The monoisotopic (exact) mass is 489 g/mol. The Bertz CT molecular complexity index is 1100. The summed E-state index contributed by atoms with van der Waals surface area (Å²) in [4.78, 5) is 19.7. The minimum Gasteiger partial charge on any atom is -0.481 e. The number of aryl methyl sites for hydroxylation is 2. The molecule has 2 N–H and O–H groups in total. The van der Waals surface area contributed by atoms with Crippen molar-refractivity contribution in [1.82, 2.24) is 9.97 Å². The number of halogens is 3. The van der Waals surface area contributed by atoms with E-state index in [0.717, 1.165) is 22.3 Å². The summed E-state index contributed by atoms with van der Waals surface area (Å²) in [5.74, 6) is -1.52. The Morgan fingerprint density at radius 2 is 1.81 bits per heavy atom. The number of nitrogens with zero attached hydrogens (tertiary/aromatic N) is 2. The molecule has 0 saturated carbocycles. The van der Waals surface area contributed by atoms with Gasteiger partial charge in [0.2, 0.25) is 0 Å². The Kier molecular flexibility index (Phi) is 7.33. The lowest BCUT2D eigenvalue weighted by Gasteiger charge is -2.13. The normalized spacial score (nSPS) is 10.9. The average molecular weight is 490 g/mol. The second-order valence-corrected chi connectivity index (χ2v) is 8.08. The van der Waals surface area contributed by atoms with Crippen LogP contribution in [0.25, 0.3) is 11.3 Å². The molecule has 0 aliphatic heterocycles. The zero-order valence-corrected chi connectivity index (χ0v) is 18.8. The van der Waals surface area contributed by atoms with Crippen molar-refractivity contribution in [2.75, 3.05) is 11.9 Å². The van der Waals surface area contributed by atoms with Gasteiger partial charge in [0.15, 0.2) is 0 Å². The van der Waals surface area contributed by atoms with E-state index in [-0.39, 0.29) is 18.4 Å². The molecule has 0 unspecified atom stereocenters. The third-order valence-corrected chi connectivity index (χ3v) is 5.48. The standard InChI is InChI=1S/C23H22BrF2N3O2/c1-3-14-7-15(6-13(2)18(14)10-23(30)31)21-11-22(29-12-28-21)27-5-4-17-19(25)8-16(24)9-20(17)26/h6-9,11-12H,3-5,10H2,1-2H3,(H,30,31)(H,27,28,29). The molecule has 3 aromatic rings. The second-order valence-electron chi connectivity index (χ2n) is 7.17. The summed E-state index contributed by atoms with van der Waals surface area (Å²) in [7, 11) is 0. The fraction of sp³-hybridized carbons (Fsp3) is 0.261. The molecule has 0 aliphatic rings. The molecule has 1 aromatic heterocycles. The van der Waals surface area contributed by atoms with Crippen LogP contribution in [0, 0.1) is 18.6 Å². The third-order valence-electron chi connectivity index (χ3n) is 5.02. The zero-order chi connectivity index (χ0) is 22.5. The summed E-state index contributed by atoms with van der Waals surface area (Å²) in [6.45, 7) is 4.17. The van der Waals surface area contributed by atoms with E-state index in [2.05, 4.69) is 31.2 Å². The van der Waals surface area contributed by atoms with Gasteiger partial charge in [-0.25, -0.2) is 18.7 Å². The van der Waals surface area contributed by atoms with E-state index in [1.165, 1.54) is 18.5 Å². The van der Waals surface area contributed by atoms with Crippen LogP contribution in [0.5, 0.6) is 0 Å². The number of aromatic nitrogens is 2. The van der Waals surface area contributed by atoms with Crippen LogP contribution in [0.1, 0.15) is 29.2 Å². The highest BCUT2D eigenvalue weighted by Crippen LogP contribution is 2.26. The number of carboxylic acids is 1. The predicted octanol–water partition coefficient (Wildman–Crippen LogP) is 5.34. The first-order valence-electron chi connectivity index (χ1n) is 9.82. The van der Waals surface area contributed by atoms with Crippen LogP contribution in [0.4, 0.5) is 14.6 Å². The molecule has 1 heterocycles. The largest absolute Gasteiger partial charge is 0.481 e. The van der Waals surface area contributed by atoms with Crippen molar-refractivity contribution in [3.63, 3.8) is 0 Å². The molecule has 2 aromatic carbocycles. The van der Waals surface area contributed by atoms with E-state index < -0.39 is 17.6 Å². The van der Waals surface area contributed by atoms with E-state index in [4.69, 9.17) is 5.11 Å². The van der Waals surface area contributed by atoms with E-state index >= 15 is 0 Å². The summed E-state index contributed by atoms with van der Waals surface area (Å²) in [6, 6.07) is 8.10. The number of carboxylic acid groups (broad SMARTS) is 1. The van der Waals surface area contributed by atoms with Crippen molar-refractivity contribution in [3.8, 4) is 11.3 Å². The lowest BCUT2D eigenvalue weighted by atomic mass is 9.93. The zero-order valence-electron chi connectivity index (χ0n) is 17.2. The Hall–Kier alpha value is -2.87. The van der Waals surface area contributed by atoms with Crippen LogP contribution in [0.3, 0.4) is 0 Å². The van der Waals surface area contributed by atoms with Crippen molar-refractivity contribution >= 4 is 27.7 Å². The van der Waals surface area contributed by atoms with Crippen LogP contribution in [-0.2, 0) is 24.1 Å². The van der Waals surface area contributed by atoms with Gasteiger partial charge in [-0.3, -0.25) is 4.79 Å². The highest BCUT2D eigenvalue weighted by Gasteiger charge is 2.13. The van der Waals surface area contributed by atoms with E-state index in [9.17, 15) is 13.6 Å². The van der Waals surface area contributed by atoms with Crippen LogP contribution in [-0.4, -0.2) is 27.6 Å². The molecule has 31 heavy (non-hydrogen) atoms. The Morgan fingerprint density at radius 3 is 2.45 bits per heavy atom. The van der Waals surface area contributed by atoms with Gasteiger partial charge in [0.25, 0.3) is 0 Å². The molecule has 0 bridgehead atoms. The number of hydrogen-bond acceptors (Lipinski definition) is 4. The number of nitrogens with one attached hydrogen (secondary N) is 1. The molecule has 0 fully saturated rings. The summed E-state index contributed by atoms with van der Waals surface area (Å²) in [5.41, 5.74) is 4.24. The Balaban J connectivity index is 1.78. The van der Waals surface area contributed by atoms with Gasteiger partial charge in [-0.15, -0.1) is 0 Å². The molecule has 162 valence electrons. The topological polar surface area (TPSA) is 75.1 Å². The molecule has 0 radical (unpaired) electrons. The minimum absolute atomic E-state index is 0.0159. The van der Waals surface area contributed by atoms with Crippen molar-refractivity contribution < 1.29 is 18.7 Å². The highest BCUT2D eigenvalue weighted by molar-refractivity contribution is 9.10. The lowest BCUT2D eigenvalue weighted by Crippen LogP contribution is -2.09. The third kappa shape index (κ3) is 5.64. The van der Waals surface area contributed by atoms with Crippen molar-refractivity contribution in [1.29, 1.82) is 0 Å². The first kappa shape index (κ1) is 22.8. The first-order valence-corrected chi connectivity index (χ1v) is 10.6. The molecule has 3 rings (SSSR count). The maximum atomic E-state index is 14.0. The molecular weight excluding hydrogens is 468 g/mol. The quantitative estimate of drug-likeness (QED) is 0.446. The van der Waals surface area contributed by atoms with Gasteiger partial charge in [0.1, 0.15) is 23.8 Å². The summed E-state index contributed by atoms with van der Waals surface area (Å²) in [5, 5.41) is 12.2. The van der Waals surface area contributed by atoms with Gasteiger partial charge in [0.05, 0.1) is 12.1 Å². The predicted molar refractivity (Wildman–Crippen MR) is 119 cm³/mol. The lowest BCUT2D eigenvalue weighted by molar-refractivity contribution is -0.136. The van der Waals surface area contributed by atoms with Gasteiger partial charge in [-0.1, -0.05) is 22.9 Å². The van der Waals surface area contributed by atoms with Gasteiger partial charge >= 0.3 is 5.97 Å². The van der Waals surface area contributed by atoms with Crippen molar-refractivity contribution in [2.24, 2.45) is 0 Å². The number of carbonyl (C=O) groups is 1. The van der Waals surface area contributed by atoms with Crippen LogP contribution >= 0.6 is 15.9 Å². The number of benzene rings is 2. The maximum Gasteiger partial charge on any atom is 0.307 e. The van der Waals surface area contributed by atoms with Crippen LogP contribution < -0.4 is 5.32 Å². The number of aliphatic carboxylic acids is 1. The van der Waals surface area contributed by atoms with E-state index in [1.54, 1.807) is 6.07 Å². The molecule has 0 amide bonds. The molecule has 0 saturated heterocycles. The average Bonchev–Trinajstić information content (AvgIpc) is 2.71. The van der Waals surface area contributed by atoms with Crippen LogP contribution in [0.15, 0.2) is 41.1 Å². The van der Waals surface area contributed by atoms with Crippen molar-refractivity contribution in [3.05, 3.63) is 75.0 Å². The molecular formula is C23H22BrF2N3O2. The molecule has 0 spiro atoms. The molecule has 8 heteroatoms. The molecule has 5 nitrogen and oxygen atoms in total. The van der Waals surface area contributed by atoms with Gasteiger partial charge < -0.3 is 10.4 Å². The first-order chi connectivity index (χ1) is 14.8. The summed E-state index contributed by atoms with van der Waals surface area (Å²) in [6.07, 6.45) is 2.27. The van der Waals surface area contributed by atoms with Gasteiger partial charge in [-0.05, 0) is 60.7 Å². The second kappa shape index (κ2) is 9.96. The minimum atomic E-state index is -0.863. The summed E-state index contributed by atoms with van der Waals surface area (Å²) < 4.78 is 28.3. The Labute approximate surface area is 187 Å². The van der Waals surface area contributed by atoms with E-state index in [1.807, 2.05) is 26.0 Å². The molecule has 0 aliphatic carbocycles. The SMILES string of the molecule is CCc1cc(-c2cc(NCCc3c(F)cc(Br)cc3F)ncn2)cc(C)c1CC(=O)O. The smallest absolute Gasteiger partial charge is 0.307 e. The fourth-order valence-corrected chi connectivity index (χ4v) is 3.90.